The zero-order chi connectivity index (χ0) is 20.8. The van der Waals surface area contributed by atoms with Crippen molar-refractivity contribution in [1.82, 2.24) is 9.97 Å². The van der Waals surface area contributed by atoms with Crippen LogP contribution in [0.15, 0.2) is 36.5 Å². The van der Waals surface area contributed by atoms with Crippen molar-refractivity contribution in [2.24, 2.45) is 0 Å². The second-order valence-corrected chi connectivity index (χ2v) is 7.99. The molecule has 2 aromatic rings. The molecule has 1 aliphatic heterocycles. The summed E-state index contributed by atoms with van der Waals surface area (Å²) in [6, 6.07) is 10.1. The maximum absolute atomic E-state index is 11.3. The summed E-state index contributed by atoms with van der Waals surface area (Å²) in [6.45, 7) is 8.53. The first kappa shape index (κ1) is 21.1. The van der Waals surface area contributed by atoms with Crippen molar-refractivity contribution in [2.45, 2.75) is 52.1 Å². The lowest BCUT2D eigenvalue weighted by Crippen LogP contribution is -2.27. The summed E-state index contributed by atoms with van der Waals surface area (Å²) < 4.78 is 6.18. The Hall–Kier alpha value is -2.63. The van der Waals surface area contributed by atoms with Crippen molar-refractivity contribution in [2.75, 3.05) is 36.5 Å². The monoisotopic (exact) mass is 396 g/mol. The van der Waals surface area contributed by atoms with Gasteiger partial charge in [-0.3, -0.25) is 0 Å². The van der Waals surface area contributed by atoms with Gasteiger partial charge in [0.25, 0.3) is 0 Å². The van der Waals surface area contributed by atoms with E-state index < -0.39 is 0 Å². The Morgan fingerprint density at radius 3 is 2.76 bits per heavy atom. The van der Waals surface area contributed by atoms with Gasteiger partial charge in [-0.25, -0.2) is 4.98 Å². The topological polar surface area (TPSA) is 58.6 Å². The molecular formula is C23H32N4O2. The number of rotatable bonds is 9. The molecule has 1 fully saturated rings. The fourth-order valence-electron chi connectivity index (χ4n) is 3.78. The number of anilines is 2. The molecule has 0 aliphatic carbocycles. The number of ether oxygens (including phenoxy) is 1. The summed E-state index contributed by atoms with van der Waals surface area (Å²) >= 11 is 0. The first-order valence-electron chi connectivity index (χ1n) is 10.5. The van der Waals surface area contributed by atoms with Gasteiger partial charge in [0.15, 0.2) is 0 Å². The quantitative estimate of drug-likeness (QED) is 0.637. The molecule has 156 valence electrons. The normalized spacial score (nSPS) is 17.2. The minimum Gasteiger partial charge on any atom is -0.489 e. The van der Waals surface area contributed by atoms with Gasteiger partial charge in [-0.15, -0.1) is 0 Å². The first-order chi connectivity index (χ1) is 14.0. The number of carbonyl (C=O) groups excluding carboxylic acids is 1. The molecule has 2 atom stereocenters. The van der Waals surface area contributed by atoms with Gasteiger partial charge in [0.05, 0.1) is 6.54 Å². The molecule has 0 amide bonds. The SMILES string of the molecule is CCCN(C)c1ccnc(N2CC[C@@H](Oc3ccc([C@H](C)CC(C)=O)cc3)C2)n1. The van der Waals surface area contributed by atoms with Gasteiger partial charge in [-0.1, -0.05) is 26.0 Å². The van der Waals surface area contributed by atoms with Crippen LogP contribution >= 0.6 is 0 Å². The smallest absolute Gasteiger partial charge is 0.227 e. The van der Waals surface area contributed by atoms with Crippen LogP contribution < -0.4 is 14.5 Å². The predicted octanol–water partition coefficient (Wildman–Crippen LogP) is 4.06. The van der Waals surface area contributed by atoms with E-state index in [0.29, 0.717) is 6.42 Å². The second kappa shape index (κ2) is 9.72. The number of nitrogens with zero attached hydrogens (tertiary/aromatic N) is 4. The highest BCUT2D eigenvalue weighted by atomic mass is 16.5. The van der Waals surface area contributed by atoms with Crippen LogP contribution in [0.25, 0.3) is 0 Å². The van der Waals surface area contributed by atoms with E-state index in [-0.39, 0.29) is 17.8 Å². The maximum Gasteiger partial charge on any atom is 0.227 e. The summed E-state index contributed by atoms with van der Waals surface area (Å²) in [4.78, 5) is 24.9. The minimum atomic E-state index is 0.121. The summed E-state index contributed by atoms with van der Waals surface area (Å²) in [5, 5.41) is 0. The Labute approximate surface area is 173 Å². The van der Waals surface area contributed by atoms with Gasteiger partial charge < -0.3 is 19.3 Å². The number of benzene rings is 1. The Morgan fingerprint density at radius 2 is 2.07 bits per heavy atom. The number of hydrogen-bond donors (Lipinski definition) is 0. The molecule has 6 heteroatoms. The van der Waals surface area contributed by atoms with Crippen LogP contribution in [-0.2, 0) is 4.79 Å². The zero-order valence-electron chi connectivity index (χ0n) is 18.0. The molecule has 1 aromatic carbocycles. The van der Waals surface area contributed by atoms with Gasteiger partial charge >= 0.3 is 0 Å². The highest BCUT2D eigenvalue weighted by Crippen LogP contribution is 2.25. The lowest BCUT2D eigenvalue weighted by molar-refractivity contribution is -0.117. The van der Waals surface area contributed by atoms with Gasteiger partial charge in [-0.05, 0) is 43.0 Å². The standard InChI is InChI=1S/C23H32N4O2/c1-5-13-26(4)22-10-12-24-23(25-22)27-14-11-21(16-27)29-20-8-6-19(7-9-20)17(2)15-18(3)28/h6-10,12,17,21H,5,11,13-16H2,1-4H3/t17-,21-/m1/s1. The van der Waals surface area contributed by atoms with E-state index in [1.807, 2.05) is 24.4 Å². The molecule has 3 rings (SSSR count). The molecule has 6 nitrogen and oxygen atoms in total. The van der Waals surface area contributed by atoms with Crippen molar-refractivity contribution in [3.05, 3.63) is 42.1 Å². The lowest BCUT2D eigenvalue weighted by Gasteiger charge is -2.21. The Bertz CT molecular complexity index is 809. The number of ketones is 1. The van der Waals surface area contributed by atoms with Crippen molar-refractivity contribution >= 4 is 17.5 Å². The van der Waals surface area contributed by atoms with Crippen LogP contribution in [0.2, 0.25) is 0 Å². The predicted molar refractivity (Wildman–Crippen MR) is 117 cm³/mol. The largest absolute Gasteiger partial charge is 0.489 e. The average Bonchev–Trinajstić information content (AvgIpc) is 3.17. The van der Waals surface area contributed by atoms with Crippen molar-refractivity contribution < 1.29 is 9.53 Å². The van der Waals surface area contributed by atoms with Crippen molar-refractivity contribution in [3.63, 3.8) is 0 Å². The first-order valence-corrected chi connectivity index (χ1v) is 10.5. The van der Waals surface area contributed by atoms with Gasteiger partial charge in [0, 0.05) is 39.2 Å². The fourth-order valence-corrected chi connectivity index (χ4v) is 3.78. The van der Waals surface area contributed by atoms with Crippen LogP contribution in [0.4, 0.5) is 11.8 Å². The Morgan fingerprint density at radius 1 is 1.31 bits per heavy atom. The molecule has 0 bridgehead atoms. The van der Waals surface area contributed by atoms with Crippen molar-refractivity contribution in [3.8, 4) is 5.75 Å². The second-order valence-electron chi connectivity index (χ2n) is 7.99. The van der Waals surface area contributed by atoms with Crippen LogP contribution in [-0.4, -0.2) is 48.5 Å². The maximum atomic E-state index is 11.3. The van der Waals surface area contributed by atoms with E-state index in [1.165, 1.54) is 5.56 Å². The number of carbonyl (C=O) groups is 1. The number of aromatic nitrogens is 2. The van der Waals surface area contributed by atoms with E-state index in [1.54, 1.807) is 6.92 Å². The van der Waals surface area contributed by atoms with E-state index in [0.717, 1.165) is 50.0 Å². The van der Waals surface area contributed by atoms with E-state index in [4.69, 9.17) is 9.72 Å². The Balaban J connectivity index is 1.57. The van der Waals surface area contributed by atoms with Gasteiger partial charge in [0.1, 0.15) is 23.5 Å². The molecule has 0 radical (unpaired) electrons. The lowest BCUT2D eigenvalue weighted by atomic mass is 9.96. The highest BCUT2D eigenvalue weighted by molar-refractivity contribution is 5.76. The van der Waals surface area contributed by atoms with E-state index >= 15 is 0 Å². The molecule has 1 aliphatic rings. The average molecular weight is 397 g/mol. The number of Topliss-reactive ketones (excluding diaryl/α,β-unsaturated/α-hetero) is 1. The van der Waals surface area contributed by atoms with E-state index in [9.17, 15) is 4.79 Å². The molecule has 0 unspecified atom stereocenters. The minimum absolute atomic E-state index is 0.121. The molecule has 29 heavy (non-hydrogen) atoms. The van der Waals surface area contributed by atoms with E-state index in [2.05, 4.69) is 47.8 Å². The molecule has 0 saturated carbocycles. The third kappa shape index (κ3) is 5.68. The number of hydrogen-bond acceptors (Lipinski definition) is 6. The van der Waals surface area contributed by atoms with Crippen molar-refractivity contribution in [1.29, 1.82) is 0 Å². The van der Waals surface area contributed by atoms with Gasteiger partial charge in [-0.2, -0.15) is 4.98 Å². The fraction of sp³-hybridized carbons (Fsp3) is 0.522. The van der Waals surface area contributed by atoms with Crippen LogP contribution in [0.3, 0.4) is 0 Å². The Kier molecular flexibility index (Phi) is 7.07. The molecule has 2 heterocycles. The van der Waals surface area contributed by atoms with Crippen LogP contribution in [0.1, 0.15) is 51.5 Å². The molecular weight excluding hydrogens is 364 g/mol. The molecule has 1 aromatic heterocycles. The van der Waals surface area contributed by atoms with Crippen LogP contribution in [0.5, 0.6) is 5.75 Å². The molecule has 0 spiro atoms. The summed E-state index contributed by atoms with van der Waals surface area (Å²) in [7, 11) is 2.06. The third-order valence-corrected chi connectivity index (χ3v) is 5.35. The molecule has 0 N–H and O–H groups in total. The summed E-state index contributed by atoms with van der Waals surface area (Å²) in [5.41, 5.74) is 1.17. The zero-order valence-corrected chi connectivity index (χ0v) is 18.0. The van der Waals surface area contributed by atoms with Gasteiger partial charge in [0.2, 0.25) is 5.95 Å². The third-order valence-electron chi connectivity index (χ3n) is 5.35. The molecule has 1 saturated heterocycles. The highest BCUT2D eigenvalue weighted by Gasteiger charge is 2.26. The summed E-state index contributed by atoms with van der Waals surface area (Å²) in [6.07, 6.45) is 4.56. The van der Waals surface area contributed by atoms with Crippen LogP contribution in [0, 0.1) is 0 Å². The summed E-state index contributed by atoms with van der Waals surface area (Å²) in [5.74, 6) is 3.05.